The number of fused-ring (bicyclic) bond motifs is 2. The van der Waals surface area contributed by atoms with E-state index in [2.05, 4.69) is 4.98 Å². The van der Waals surface area contributed by atoms with Crippen LogP contribution in [0.1, 0.15) is 49.0 Å². The van der Waals surface area contributed by atoms with Gasteiger partial charge in [0, 0.05) is 41.9 Å². The number of carbonyl (C=O) groups is 3. The van der Waals surface area contributed by atoms with Crippen LogP contribution < -0.4 is 0 Å². The molecule has 2 atom stereocenters. The molecule has 144 valence electrons. The predicted molar refractivity (Wildman–Crippen MR) is 105 cm³/mol. The molecule has 7 heteroatoms. The van der Waals surface area contributed by atoms with Crippen molar-refractivity contribution in [2.75, 3.05) is 0 Å². The normalized spacial score (nSPS) is 26.9. The van der Waals surface area contributed by atoms with Crippen molar-refractivity contribution >= 4 is 29.1 Å². The Balaban J connectivity index is 1.34. The summed E-state index contributed by atoms with van der Waals surface area (Å²) in [4.78, 5) is 45.4. The van der Waals surface area contributed by atoms with Gasteiger partial charge in [-0.05, 0) is 25.7 Å². The van der Waals surface area contributed by atoms with Crippen molar-refractivity contribution in [2.45, 2.75) is 56.7 Å². The van der Waals surface area contributed by atoms with Crippen LogP contribution in [0.4, 0.5) is 0 Å². The Morgan fingerprint density at radius 2 is 1.61 bits per heavy atom. The molecule has 2 unspecified atom stereocenters. The number of amides is 3. The molecule has 0 saturated carbocycles. The van der Waals surface area contributed by atoms with Crippen LogP contribution in [-0.4, -0.2) is 50.6 Å². The van der Waals surface area contributed by atoms with Gasteiger partial charge in [0.1, 0.15) is 10.7 Å². The number of nitrogens with zero attached hydrogens (tertiary/aromatic N) is 3. The zero-order chi connectivity index (χ0) is 19.3. The maximum atomic E-state index is 13.2. The van der Waals surface area contributed by atoms with E-state index in [1.54, 1.807) is 0 Å². The number of aromatic nitrogens is 1. The van der Waals surface area contributed by atoms with Gasteiger partial charge in [0.15, 0.2) is 0 Å². The second-order valence-corrected chi connectivity index (χ2v) is 8.64. The van der Waals surface area contributed by atoms with Crippen molar-refractivity contribution in [3.8, 4) is 10.6 Å². The lowest BCUT2D eigenvalue weighted by molar-refractivity contribution is -0.142. The Labute approximate surface area is 167 Å². The SMILES string of the molecule is O=C1CCC(=O)N1C1CC2CCC(C1)N2C(=O)c1csc(-c2ccccc2)n1. The third kappa shape index (κ3) is 2.85. The second kappa shape index (κ2) is 6.81. The minimum atomic E-state index is -0.0561. The molecule has 3 fully saturated rings. The fraction of sp³-hybridized carbons (Fsp3) is 0.429. The lowest BCUT2D eigenvalue weighted by atomic mass is 9.95. The van der Waals surface area contributed by atoms with E-state index in [-0.39, 0.29) is 35.8 Å². The predicted octanol–water partition coefficient (Wildman–Crippen LogP) is 3.09. The molecule has 28 heavy (non-hydrogen) atoms. The molecule has 0 spiro atoms. The fourth-order valence-electron chi connectivity index (χ4n) is 4.91. The molecule has 3 aliphatic heterocycles. The van der Waals surface area contributed by atoms with Crippen LogP contribution in [0.15, 0.2) is 35.7 Å². The molecular weight excluding hydrogens is 374 g/mol. The van der Waals surface area contributed by atoms with E-state index in [9.17, 15) is 14.4 Å². The maximum absolute atomic E-state index is 13.2. The topological polar surface area (TPSA) is 70.6 Å². The molecule has 0 aliphatic carbocycles. The monoisotopic (exact) mass is 395 g/mol. The summed E-state index contributed by atoms with van der Waals surface area (Å²) in [6.45, 7) is 0. The number of rotatable bonds is 3. The molecule has 0 N–H and O–H groups in total. The Bertz CT molecular complexity index is 911. The summed E-state index contributed by atoms with van der Waals surface area (Å²) in [5, 5.41) is 2.68. The lowest BCUT2D eigenvalue weighted by Gasteiger charge is -2.41. The van der Waals surface area contributed by atoms with E-state index in [0.717, 1.165) is 23.4 Å². The van der Waals surface area contributed by atoms with Crippen molar-refractivity contribution in [3.05, 3.63) is 41.4 Å². The van der Waals surface area contributed by atoms with Gasteiger partial charge in [-0.1, -0.05) is 30.3 Å². The standard InChI is InChI=1S/C21H21N3O3S/c25-18-8-9-19(26)24(18)16-10-14-6-7-15(11-16)23(14)21(27)17-12-28-20(22-17)13-4-2-1-3-5-13/h1-5,12,14-16H,6-11H2. The number of likely N-dealkylation sites (tertiary alicyclic amines) is 1. The summed E-state index contributed by atoms with van der Waals surface area (Å²) in [5.74, 6) is -0.134. The van der Waals surface area contributed by atoms with Crippen molar-refractivity contribution < 1.29 is 14.4 Å². The van der Waals surface area contributed by atoms with E-state index in [0.29, 0.717) is 31.4 Å². The summed E-state index contributed by atoms with van der Waals surface area (Å²) in [5.41, 5.74) is 1.51. The van der Waals surface area contributed by atoms with E-state index in [1.807, 2.05) is 40.6 Å². The summed E-state index contributed by atoms with van der Waals surface area (Å²) in [6, 6.07) is 9.98. The first-order valence-electron chi connectivity index (χ1n) is 9.80. The lowest BCUT2D eigenvalue weighted by Crippen LogP contribution is -2.53. The smallest absolute Gasteiger partial charge is 0.273 e. The molecule has 5 rings (SSSR count). The Morgan fingerprint density at radius 1 is 0.964 bits per heavy atom. The van der Waals surface area contributed by atoms with Gasteiger partial charge in [-0.15, -0.1) is 11.3 Å². The molecule has 3 saturated heterocycles. The van der Waals surface area contributed by atoms with E-state index >= 15 is 0 Å². The summed E-state index contributed by atoms with van der Waals surface area (Å²) >= 11 is 1.48. The van der Waals surface area contributed by atoms with Crippen molar-refractivity contribution in [3.63, 3.8) is 0 Å². The first-order valence-corrected chi connectivity index (χ1v) is 10.7. The number of hydrogen-bond donors (Lipinski definition) is 0. The molecule has 3 amide bonds. The van der Waals surface area contributed by atoms with Crippen LogP contribution in [0.25, 0.3) is 10.6 Å². The third-order valence-electron chi connectivity index (χ3n) is 6.14. The van der Waals surface area contributed by atoms with Crippen molar-refractivity contribution in [1.29, 1.82) is 0 Å². The largest absolute Gasteiger partial charge is 0.331 e. The number of benzene rings is 1. The van der Waals surface area contributed by atoms with Gasteiger partial charge < -0.3 is 4.90 Å². The van der Waals surface area contributed by atoms with Crippen molar-refractivity contribution in [2.24, 2.45) is 0 Å². The highest BCUT2D eigenvalue weighted by Crippen LogP contribution is 2.40. The van der Waals surface area contributed by atoms with Gasteiger partial charge in [-0.3, -0.25) is 19.3 Å². The van der Waals surface area contributed by atoms with Gasteiger partial charge in [0.05, 0.1) is 0 Å². The Kier molecular flexibility index (Phi) is 4.27. The van der Waals surface area contributed by atoms with E-state index in [1.165, 1.54) is 16.2 Å². The van der Waals surface area contributed by atoms with Crippen LogP contribution in [0.3, 0.4) is 0 Å². The summed E-state index contributed by atoms with van der Waals surface area (Å²) in [7, 11) is 0. The van der Waals surface area contributed by atoms with Gasteiger partial charge in [-0.25, -0.2) is 4.98 Å². The minimum Gasteiger partial charge on any atom is -0.331 e. The fourth-order valence-corrected chi connectivity index (χ4v) is 5.71. The van der Waals surface area contributed by atoms with Gasteiger partial charge in [0.25, 0.3) is 5.91 Å². The summed E-state index contributed by atoms with van der Waals surface area (Å²) < 4.78 is 0. The molecule has 4 heterocycles. The van der Waals surface area contributed by atoms with E-state index < -0.39 is 0 Å². The average Bonchev–Trinajstić information content (AvgIpc) is 3.39. The van der Waals surface area contributed by atoms with Gasteiger partial charge in [-0.2, -0.15) is 0 Å². The van der Waals surface area contributed by atoms with Crippen LogP contribution in [0.2, 0.25) is 0 Å². The highest BCUT2D eigenvalue weighted by molar-refractivity contribution is 7.13. The Morgan fingerprint density at radius 3 is 2.25 bits per heavy atom. The number of carbonyl (C=O) groups excluding carboxylic acids is 3. The van der Waals surface area contributed by atoms with Gasteiger partial charge >= 0.3 is 0 Å². The summed E-state index contributed by atoms with van der Waals surface area (Å²) in [6.07, 6.45) is 3.89. The molecule has 1 aromatic carbocycles. The highest BCUT2D eigenvalue weighted by atomic mass is 32.1. The van der Waals surface area contributed by atoms with Crippen LogP contribution in [-0.2, 0) is 9.59 Å². The minimum absolute atomic E-state index is 0.0246. The quantitative estimate of drug-likeness (QED) is 0.749. The van der Waals surface area contributed by atoms with Crippen LogP contribution in [0.5, 0.6) is 0 Å². The first-order chi connectivity index (χ1) is 13.6. The number of thiazole rings is 1. The molecule has 2 aromatic rings. The molecule has 6 nitrogen and oxygen atoms in total. The number of imide groups is 1. The number of piperidine rings is 1. The molecule has 0 radical (unpaired) electrons. The van der Waals surface area contributed by atoms with Gasteiger partial charge in [0.2, 0.25) is 11.8 Å². The molecule has 3 aliphatic rings. The zero-order valence-corrected chi connectivity index (χ0v) is 16.2. The van der Waals surface area contributed by atoms with E-state index in [4.69, 9.17) is 0 Å². The van der Waals surface area contributed by atoms with Crippen molar-refractivity contribution in [1.82, 2.24) is 14.8 Å². The van der Waals surface area contributed by atoms with Crippen LogP contribution >= 0.6 is 11.3 Å². The van der Waals surface area contributed by atoms with Crippen LogP contribution in [0, 0.1) is 0 Å². The molecule has 1 aromatic heterocycles. The maximum Gasteiger partial charge on any atom is 0.273 e. The highest BCUT2D eigenvalue weighted by Gasteiger charge is 2.48. The second-order valence-electron chi connectivity index (χ2n) is 7.78. The molecule has 2 bridgehead atoms. The third-order valence-corrected chi connectivity index (χ3v) is 7.03. The Hall–Kier alpha value is -2.54. The average molecular weight is 395 g/mol. The zero-order valence-electron chi connectivity index (χ0n) is 15.4. The number of hydrogen-bond acceptors (Lipinski definition) is 5. The first kappa shape index (κ1) is 17.6. The molecular formula is C21H21N3O3S.